The number of nitrogens with two attached hydrogens (primary N) is 3. The number of nitrogens with zero attached hydrogens (tertiary/aromatic N) is 1. The molecule has 1 unspecified atom stereocenters. The van der Waals surface area contributed by atoms with Crippen molar-refractivity contribution in [2.75, 3.05) is 25.0 Å². The number of rotatable bonds is 15. The number of nitrogens with one attached hydrogen (secondary N) is 1. The number of ether oxygens (including phenoxy) is 2. The van der Waals surface area contributed by atoms with Crippen molar-refractivity contribution in [3.05, 3.63) is 30.3 Å². The number of carbonyl (C=O) groups excluding carboxylic acids is 3. The Balaban J connectivity index is 0.000000736. The lowest BCUT2D eigenvalue weighted by Crippen LogP contribution is -2.49. The summed E-state index contributed by atoms with van der Waals surface area (Å²) in [5.41, 5.74) is 16.6. The van der Waals surface area contributed by atoms with Crippen LogP contribution in [0, 0.1) is 5.92 Å². The molecule has 0 aromatic heterocycles. The summed E-state index contributed by atoms with van der Waals surface area (Å²) in [7, 11) is 1.61. The molecule has 47 heavy (non-hydrogen) atoms. The second-order valence-electron chi connectivity index (χ2n) is 10.8. The first kappa shape index (κ1) is 42.3. The van der Waals surface area contributed by atoms with Gasteiger partial charge in [-0.1, -0.05) is 32.0 Å². The van der Waals surface area contributed by atoms with Crippen molar-refractivity contribution < 1.29 is 63.5 Å². The number of aliphatic carboxylic acids is 4. The van der Waals surface area contributed by atoms with Gasteiger partial charge in [0.1, 0.15) is 24.7 Å². The first-order valence-corrected chi connectivity index (χ1v) is 14.5. The van der Waals surface area contributed by atoms with Gasteiger partial charge < -0.3 is 57.3 Å². The van der Waals surface area contributed by atoms with Gasteiger partial charge in [-0.05, 0) is 50.3 Å². The molecule has 264 valence electrons. The maximum absolute atomic E-state index is 11.7. The van der Waals surface area contributed by atoms with Crippen LogP contribution in [0.25, 0.3) is 0 Å². The summed E-state index contributed by atoms with van der Waals surface area (Å²) in [4.78, 5) is 77.9. The Labute approximate surface area is 271 Å². The standard InChI is InChI=1S/C13H16N2O6.C11H20N2O5.C5H9NO2/c1-15(8-5-3-2-4-6-8)7-9(16)21-11(13(19)20)10(14)12(17)18;1-6(2)5-8(13)11(17)18-9(14)4-3-7(12)10(15)16;7-5(8)4-2-1-3-6-4/h2-6,10-11H,7,14H2,1H3,(H,17,18)(H,19,20);6-8H,3-5,12-13H2,1-2H3,(H,15,16);4,6H,1-3H2,(H,7,8)/t10-,11?;7-,8-;4-/m000/s1. The fourth-order valence-corrected chi connectivity index (χ4v) is 3.69. The van der Waals surface area contributed by atoms with E-state index in [4.69, 9.17) is 37.6 Å². The predicted molar refractivity (Wildman–Crippen MR) is 165 cm³/mol. The highest BCUT2D eigenvalue weighted by Gasteiger charge is 2.34. The van der Waals surface area contributed by atoms with E-state index in [1.54, 1.807) is 31.3 Å². The zero-order chi connectivity index (χ0) is 36.3. The third-order valence-electron chi connectivity index (χ3n) is 6.25. The fourth-order valence-electron chi connectivity index (χ4n) is 3.69. The number of carboxylic acids is 4. The molecule has 0 spiro atoms. The van der Waals surface area contributed by atoms with Crippen molar-refractivity contribution in [3.63, 3.8) is 0 Å². The molecule has 1 aliphatic heterocycles. The topological polar surface area (TPSA) is 312 Å². The Morgan fingerprint density at radius 2 is 1.49 bits per heavy atom. The highest BCUT2D eigenvalue weighted by atomic mass is 16.6. The average Bonchev–Trinajstić information content (AvgIpc) is 3.54. The lowest BCUT2D eigenvalue weighted by molar-refractivity contribution is -0.168. The molecule has 18 nitrogen and oxygen atoms in total. The van der Waals surface area contributed by atoms with Gasteiger partial charge >= 0.3 is 41.8 Å². The molecule has 0 bridgehead atoms. The van der Waals surface area contributed by atoms with Crippen molar-refractivity contribution in [2.45, 2.75) is 76.2 Å². The molecule has 1 fully saturated rings. The first-order chi connectivity index (χ1) is 21.9. The summed E-state index contributed by atoms with van der Waals surface area (Å²) < 4.78 is 9.13. The number of carbonyl (C=O) groups is 7. The molecular formula is C29H45N5O13. The number of anilines is 1. The number of carboxylic acid groups (broad SMARTS) is 4. The molecule has 5 atom stereocenters. The number of para-hydroxylation sites is 1. The zero-order valence-corrected chi connectivity index (χ0v) is 26.4. The van der Waals surface area contributed by atoms with E-state index in [2.05, 4.69) is 14.8 Å². The maximum Gasteiger partial charge on any atom is 0.347 e. The molecule has 1 heterocycles. The second-order valence-corrected chi connectivity index (χ2v) is 10.8. The fraction of sp³-hybridized carbons (Fsp3) is 0.552. The quantitative estimate of drug-likeness (QED) is 0.0816. The summed E-state index contributed by atoms with van der Waals surface area (Å²) in [5.74, 6) is -7.37. The molecule has 2 rings (SSSR count). The van der Waals surface area contributed by atoms with Crippen LogP contribution in [0.15, 0.2) is 30.3 Å². The van der Waals surface area contributed by atoms with E-state index in [0.29, 0.717) is 6.42 Å². The highest BCUT2D eigenvalue weighted by molar-refractivity contribution is 5.89. The SMILES string of the molecule is CC(C)C[C@H](N)C(=O)OC(=O)CC[C@H](N)C(=O)O.CN(CC(=O)OC(C(=O)O)[C@H](N)C(=O)O)c1ccccc1.O=C(O)[C@@H]1CCCN1. The normalized spacial score (nSPS) is 16.0. The van der Waals surface area contributed by atoms with Crippen LogP contribution in [-0.4, -0.2) is 113 Å². The molecule has 0 amide bonds. The Morgan fingerprint density at radius 3 is 1.91 bits per heavy atom. The van der Waals surface area contributed by atoms with E-state index in [0.717, 1.165) is 25.1 Å². The lowest BCUT2D eigenvalue weighted by atomic mass is 10.1. The van der Waals surface area contributed by atoms with Gasteiger partial charge in [0.15, 0.2) is 6.04 Å². The van der Waals surface area contributed by atoms with Gasteiger partial charge in [0.2, 0.25) is 6.10 Å². The second kappa shape index (κ2) is 22.0. The molecule has 0 radical (unpaired) electrons. The van der Waals surface area contributed by atoms with E-state index < -0.39 is 66.0 Å². The molecule has 0 saturated carbocycles. The van der Waals surface area contributed by atoms with Gasteiger partial charge in [-0.3, -0.25) is 24.0 Å². The first-order valence-electron chi connectivity index (χ1n) is 14.5. The van der Waals surface area contributed by atoms with Crippen LogP contribution in [0.4, 0.5) is 5.69 Å². The molecular weight excluding hydrogens is 626 g/mol. The van der Waals surface area contributed by atoms with Crippen LogP contribution in [-0.2, 0) is 43.0 Å². The van der Waals surface area contributed by atoms with Crippen LogP contribution < -0.4 is 27.4 Å². The number of benzene rings is 1. The van der Waals surface area contributed by atoms with Crippen molar-refractivity contribution in [2.24, 2.45) is 23.1 Å². The van der Waals surface area contributed by atoms with E-state index in [-0.39, 0.29) is 31.3 Å². The minimum Gasteiger partial charge on any atom is -0.480 e. The molecule has 1 aromatic carbocycles. The zero-order valence-electron chi connectivity index (χ0n) is 26.4. The molecule has 0 aliphatic carbocycles. The van der Waals surface area contributed by atoms with Gasteiger partial charge in [-0.2, -0.15) is 0 Å². The maximum atomic E-state index is 11.7. The third-order valence-corrected chi connectivity index (χ3v) is 6.25. The van der Waals surface area contributed by atoms with E-state index in [9.17, 15) is 33.6 Å². The van der Waals surface area contributed by atoms with Gasteiger partial charge in [0, 0.05) is 19.2 Å². The summed E-state index contributed by atoms with van der Waals surface area (Å²) in [6.07, 6.45) is -0.0409. The molecule has 18 heteroatoms. The minimum absolute atomic E-state index is 0.0825. The molecule has 1 aromatic rings. The van der Waals surface area contributed by atoms with Gasteiger partial charge in [-0.25, -0.2) is 9.59 Å². The molecule has 11 N–H and O–H groups in total. The number of likely N-dealkylation sites (N-methyl/N-ethyl adjacent to an activating group) is 1. The minimum atomic E-state index is -1.93. The van der Waals surface area contributed by atoms with E-state index in [1.807, 2.05) is 19.9 Å². The summed E-state index contributed by atoms with van der Waals surface area (Å²) in [6.45, 7) is 4.40. The van der Waals surface area contributed by atoms with Gasteiger partial charge in [0.05, 0.1) is 0 Å². The lowest BCUT2D eigenvalue weighted by Gasteiger charge is -2.21. The smallest absolute Gasteiger partial charge is 0.347 e. The Hall–Kier alpha value is -4.65. The predicted octanol–water partition coefficient (Wildman–Crippen LogP) is -1.02. The van der Waals surface area contributed by atoms with Crippen LogP contribution in [0.5, 0.6) is 0 Å². The van der Waals surface area contributed by atoms with Crippen LogP contribution in [0.2, 0.25) is 0 Å². The van der Waals surface area contributed by atoms with Crippen molar-refractivity contribution in [1.82, 2.24) is 5.32 Å². The third kappa shape index (κ3) is 18.2. The number of hydrogen-bond acceptors (Lipinski definition) is 14. The van der Waals surface area contributed by atoms with Crippen molar-refractivity contribution >= 4 is 47.5 Å². The van der Waals surface area contributed by atoms with Crippen molar-refractivity contribution in [3.8, 4) is 0 Å². The van der Waals surface area contributed by atoms with E-state index >= 15 is 0 Å². The van der Waals surface area contributed by atoms with Crippen molar-refractivity contribution in [1.29, 1.82) is 0 Å². The Morgan fingerprint density at radius 1 is 0.894 bits per heavy atom. The highest BCUT2D eigenvalue weighted by Crippen LogP contribution is 2.11. The average molecular weight is 672 g/mol. The number of hydrogen-bond donors (Lipinski definition) is 8. The number of esters is 3. The Bertz CT molecular complexity index is 1190. The Kier molecular flexibility index (Phi) is 19.8. The molecule has 1 saturated heterocycles. The van der Waals surface area contributed by atoms with Crippen LogP contribution in [0.3, 0.4) is 0 Å². The monoisotopic (exact) mass is 671 g/mol. The van der Waals surface area contributed by atoms with Gasteiger partial charge in [0.25, 0.3) is 0 Å². The summed E-state index contributed by atoms with van der Waals surface area (Å²) >= 11 is 0. The summed E-state index contributed by atoms with van der Waals surface area (Å²) in [6, 6.07) is 4.79. The van der Waals surface area contributed by atoms with Crippen LogP contribution in [0.1, 0.15) is 46.0 Å². The van der Waals surface area contributed by atoms with Crippen LogP contribution >= 0.6 is 0 Å². The largest absolute Gasteiger partial charge is 0.480 e. The van der Waals surface area contributed by atoms with E-state index in [1.165, 1.54) is 4.90 Å². The van der Waals surface area contributed by atoms with Gasteiger partial charge in [-0.15, -0.1) is 0 Å². The molecule has 1 aliphatic rings. The summed E-state index contributed by atoms with van der Waals surface area (Å²) in [5, 5.41) is 37.2.